The van der Waals surface area contributed by atoms with Crippen LogP contribution in [0.25, 0.3) is 0 Å². The molecule has 90 valence electrons. The Balaban J connectivity index is 2.18. The van der Waals surface area contributed by atoms with Gasteiger partial charge in [0.05, 0.1) is 6.54 Å². The summed E-state index contributed by atoms with van der Waals surface area (Å²) in [6, 6.07) is 2.95. The van der Waals surface area contributed by atoms with Gasteiger partial charge in [-0.25, -0.2) is 9.48 Å². The summed E-state index contributed by atoms with van der Waals surface area (Å²) in [4.78, 5) is 23.0. The number of nitrogens with zero attached hydrogens (tertiary/aromatic N) is 4. The molecule has 0 aliphatic carbocycles. The van der Waals surface area contributed by atoms with E-state index in [2.05, 4.69) is 5.10 Å². The Hall–Kier alpha value is -2.31. The summed E-state index contributed by atoms with van der Waals surface area (Å²) in [5.74, 6) is 0. The molecule has 0 radical (unpaired) electrons. The highest BCUT2D eigenvalue weighted by Gasteiger charge is 2.02. The van der Waals surface area contributed by atoms with E-state index < -0.39 is 0 Å². The van der Waals surface area contributed by atoms with Crippen molar-refractivity contribution in [2.45, 2.75) is 13.1 Å². The largest absolute Gasteiger partial charge is 0.398 e. The van der Waals surface area contributed by atoms with Crippen molar-refractivity contribution in [1.29, 1.82) is 0 Å². The van der Waals surface area contributed by atoms with E-state index in [4.69, 9.17) is 5.73 Å². The van der Waals surface area contributed by atoms with Crippen LogP contribution in [0.2, 0.25) is 0 Å². The number of rotatable bonds is 3. The molecule has 2 aromatic heterocycles. The zero-order valence-electron chi connectivity index (χ0n) is 9.41. The minimum absolute atomic E-state index is 0.150. The Morgan fingerprint density at radius 2 is 2.06 bits per heavy atom. The fourth-order valence-electron chi connectivity index (χ4n) is 1.50. The molecule has 0 aliphatic heterocycles. The van der Waals surface area contributed by atoms with E-state index in [9.17, 15) is 9.59 Å². The molecule has 0 amide bonds. The molecule has 0 bridgehead atoms. The van der Waals surface area contributed by atoms with Crippen LogP contribution in [0, 0.1) is 0 Å². The van der Waals surface area contributed by atoms with Crippen LogP contribution in [0.15, 0.2) is 34.2 Å². The molecule has 7 heteroatoms. The summed E-state index contributed by atoms with van der Waals surface area (Å²) in [5, 5.41) is 3.90. The van der Waals surface area contributed by atoms with Crippen LogP contribution in [-0.2, 0) is 20.1 Å². The maximum absolute atomic E-state index is 11.5. The normalized spacial score (nSPS) is 10.6. The Labute approximate surface area is 96.7 Å². The molecular formula is C10H13N5O2. The monoisotopic (exact) mass is 235 g/mol. The van der Waals surface area contributed by atoms with Crippen molar-refractivity contribution in [3.05, 3.63) is 45.5 Å². The number of aryl methyl sites for hydroxylation is 3. The second-order valence-corrected chi connectivity index (χ2v) is 3.74. The average molecular weight is 235 g/mol. The lowest BCUT2D eigenvalue weighted by Gasteiger charge is -2.05. The van der Waals surface area contributed by atoms with Gasteiger partial charge in [0.25, 0.3) is 5.56 Å². The van der Waals surface area contributed by atoms with E-state index in [0.29, 0.717) is 18.8 Å². The van der Waals surface area contributed by atoms with Gasteiger partial charge in [0.1, 0.15) is 6.33 Å². The SMILES string of the molecule is Cn1cnn(CCn2cc(N)ccc2=O)c1=O. The summed E-state index contributed by atoms with van der Waals surface area (Å²) >= 11 is 0. The first-order valence-corrected chi connectivity index (χ1v) is 5.12. The summed E-state index contributed by atoms with van der Waals surface area (Å²) in [6.45, 7) is 0.698. The number of pyridine rings is 1. The summed E-state index contributed by atoms with van der Waals surface area (Å²) in [6.07, 6.45) is 2.99. The molecule has 2 rings (SSSR count). The fourth-order valence-corrected chi connectivity index (χ4v) is 1.50. The van der Waals surface area contributed by atoms with E-state index in [1.165, 1.54) is 26.2 Å². The second kappa shape index (κ2) is 4.28. The zero-order chi connectivity index (χ0) is 12.4. The highest BCUT2D eigenvalue weighted by Crippen LogP contribution is 1.95. The standard InChI is InChI=1S/C10H13N5O2/c1-13-7-12-15(10(13)17)5-4-14-6-8(11)2-3-9(14)16/h2-3,6-7H,4-5,11H2,1H3. The van der Waals surface area contributed by atoms with E-state index in [1.54, 1.807) is 19.3 Å². The lowest BCUT2D eigenvalue weighted by molar-refractivity contribution is 0.507. The van der Waals surface area contributed by atoms with Crippen LogP contribution >= 0.6 is 0 Å². The van der Waals surface area contributed by atoms with Gasteiger partial charge in [-0.3, -0.25) is 9.36 Å². The lowest BCUT2D eigenvalue weighted by Crippen LogP contribution is -2.27. The average Bonchev–Trinajstić information content (AvgIpc) is 2.62. The number of aromatic nitrogens is 4. The molecule has 0 unspecified atom stereocenters. The third-order valence-corrected chi connectivity index (χ3v) is 2.45. The maximum atomic E-state index is 11.5. The summed E-state index contributed by atoms with van der Waals surface area (Å²) < 4.78 is 4.13. The van der Waals surface area contributed by atoms with Crippen molar-refractivity contribution in [3.63, 3.8) is 0 Å². The van der Waals surface area contributed by atoms with Crippen molar-refractivity contribution >= 4 is 5.69 Å². The molecule has 2 N–H and O–H groups in total. The molecule has 0 saturated heterocycles. The highest BCUT2D eigenvalue weighted by atomic mass is 16.2. The van der Waals surface area contributed by atoms with Gasteiger partial charge in [-0.15, -0.1) is 0 Å². The van der Waals surface area contributed by atoms with Crippen LogP contribution in [0.1, 0.15) is 0 Å². The maximum Gasteiger partial charge on any atom is 0.345 e. The highest BCUT2D eigenvalue weighted by molar-refractivity contribution is 5.33. The smallest absolute Gasteiger partial charge is 0.345 e. The number of nitrogen functional groups attached to an aromatic ring is 1. The van der Waals surface area contributed by atoms with Crippen LogP contribution < -0.4 is 17.0 Å². The topological polar surface area (TPSA) is 87.8 Å². The van der Waals surface area contributed by atoms with Gasteiger partial charge in [-0.1, -0.05) is 0 Å². The van der Waals surface area contributed by atoms with Gasteiger partial charge in [-0.05, 0) is 6.07 Å². The molecule has 0 aliphatic rings. The Bertz CT molecular complexity index is 637. The molecule has 0 atom stereocenters. The van der Waals surface area contributed by atoms with Gasteiger partial charge in [0.2, 0.25) is 0 Å². The second-order valence-electron chi connectivity index (χ2n) is 3.74. The minimum Gasteiger partial charge on any atom is -0.398 e. The van der Waals surface area contributed by atoms with Crippen molar-refractivity contribution in [2.24, 2.45) is 7.05 Å². The molecule has 0 spiro atoms. The molecule has 7 nitrogen and oxygen atoms in total. The predicted molar refractivity (Wildman–Crippen MR) is 62.6 cm³/mol. The van der Waals surface area contributed by atoms with Crippen molar-refractivity contribution < 1.29 is 0 Å². The Kier molecular flexibility index (Phi) is 2.82. The first kappa shape index (κ1) is 11.2. The molecule has 0 saturated carbocycles. The fraction of sp³-hybridized carbons (Fsp3) is 0.300. The predicted octanol–water partition coefficient (Wildman–Crippen LogP) is -0.974. The first-order valence-electron chi connectivity index (χ1n) is 5.12. The van der Waals surface area contributed by atoms with E-state index >= 15 is 0 Å². The third kappa shape index (κ3) is 2.27. The van der Waals surface area contributed by atoms with Crippen molar-refractivity contribution in [1.82, 2.24) is 18.9 Å². The van der Waals surface area contributed by atoms with Gasteiger partial charge in [-0.2, -0.15) is 5.10 Å². The van der Waals surface area contributed by atoms with Crippen molar-refractivity contribution in [3.8, 4) is 0 Å². The first-order chi connectivity index (χ1) is 8.08. The van der Waals surface area contributed by atoms with Crippen LogP contribution in [0.3, 0.4) is 0 Å². The van der Waals surface area contributed by atoms with Gasteiger partial charge >= 0.3 is 5.69 Å². The summed E-state index contributed by atoms with van der Waals surface area (Å²) in [7, 11) is 1.62. The van der Waals surface area contributed by atoms with E-state index in [-0.39, 0.29) is 11.2 Å². The van der Waals surface area contributed by atoms with Crippen LogP contribution in [-0.4, -0.2) is 18.9 Å². The minimum atomic E-state index is -0.207. The van der Waals surface area contributed by atoms with Gasteiger partial charge < -0.3 is 10.3 Å². The number of hydrogen-bond acceptors (Lipinski definition) is 4. The van der Waals surface area contributed by atoms with Gasteiger partial charge in [0, 0.05) is 31.5 Å². The molecule has 0 fully saturated rings. The molecule has 2 heterocycles. The van der Waals surface area contributed by atoms with Crippen LogP contribution in [0.5, 0.6) is 0 Å². The third-order valence-electron chi connectivity index (χ3n) is 2.45. The number of hydrogen-bond donors (Lipinski definition) is 1. The lowest BCUT2D eigenvalue weighted by atomic mass is 10.4. The molecule has 0 aromatic carbocycles. The van der Waals surface area contributed by atoms with Crippen LogP contribution in [0.4, 0.5) is 5.69 Å². The quantitative estimate of drug-likeness (QED) is 0.741. The van der Waals surface area contributed by atoms with E-state index in [1.807, 2.05) is 0 Å². The molecular weight excluding hydrogens is 222 g/mol. The van der Waals surface area contributed by atoms with Crippen molar-refractivity contribution in [2.75, 3.05) is 5.73 Å². The molecule has 2 aromatic rings. The number of anilines is 1. The Morgan fingerprint density at radius 1 is 1.29 bits per heavy atom. The number of nitrogens with two attached hydrogens (primary N) is 1. The summed E-state index contributed by atoms with van der Waals surface area (Å²) in [5.41, 5.74) is 5.74. The zero-order valence-corrected chi connectivity index (χ0v) is 9.41. The Morgan fingerprint density at radius 3 is 2.71 bits per heavy atom. The molecule has 17 heavy (non-hydrogen) atoms. The van der Waals surface area contributed by atoms with E-state index in [0.717, 1.165) is 0 Å². The van der Waals surface area contributed by atoms with Gasteiger partial charge in [0.15, 0.2) is 0 Å².